The van der Waals surface area contributed by atoms with Crippen LogP contribution in [0.1, 0.15) is 20.3 Å². The van der Waals surface area contributed by atoms with E-state index in [-0.39, 0.29) is 5.41 Å². The van der Waals surface area contributed by atoms with Gasteiger partial charge in [-0.1, -0.05) is 26.0 Å². The van der Waals surface area contributed by atoms with E-state index in [2.05, 4.69) is 30.5 Å². The quantitative estimate of drug-likeness (QED) is 0.843. The van der Waals surface area contributed by atoms with E-state index in [1.165, 1.54) is 0 Å². The fourth-order valence-corrected chi connectivity index (χ4v) is 2.39. The summed E-state index contributed by atoms with van der Waals surface area (Å²) in [6.07, 6.45) is 1.14. The van der Waals surface area contributed by atoms with Gasteiger partial charge in [0.1, 0.15) is 5.75 Å². The van der Waals surface area contributed by atoms with Gasteiger partial charge >= 0.3 is 0 Å². The fourth-order valence-electron chi connectivity index (χ4n) is 2.39. The molecule has 94 valence electrons. The number of ether oxygens (including phenoxy) is 1. The molecule has 1 heterocycles. The van der Waals surface area contributed by atoms with Crippen LogP contribution < -0.4 is 15.4 Å². The third-order valence-electron chi connectivity index (χ3n) is 3.57. The molecule has 1 atom stereocenters. The fraction of sp³-hybridized carbons (Fsp3) is 0.571. The van der Waals surface area contributed by atoms with Gasteiger partial charge in [-0.25, -0.2) is 0 Å². The van der Waals surface area contributed by atoms with Crippen LogP contribution in [0.15, 0.2) is 24.3 Å². The molecule has 0 aromatic heterocycles. The second-order valence-electron chi connectivity index (χ2n) is 5.35. The maximum absolute atomic E-state index is 5.38. The lowest BCUT2D eigenvalue weighted by Gasteiger charge is -2.40. The SMILES string of the molecule is COc1ccccc1NC1CCNCC1(C)C. The van der Waals surface area contributed by atoms with Crippen LogP contribution >= 0.6 is 0 Å². The Morgan fingerprint density at radius 1 is 1.35 bits per heavy atom. The molecule has 0 radical (unpaired) electrons. The van der Waals surface area contributed by atoms with Crippen LogP contribution in [0.4, 0.5) is 5.69 Å². The summed E-state index contributed by atoms with van der Waals surface area (Å²) in [5.74, 6) is 0.918. The Balaban J connectivity index is 2.14. The Hall–Kier alpha value is -1.22. The summed E-state index contributed by atoms with van der Waals surface area (Å²) in [5.41, 5.74) is 1.36. The molecular formula is C14H22N2O. The molecule has 1 aromatic carbocycles. The predicted octanol–water partition coefficient (Wildman–Crippen LogP) is 2.50. The van der Waals surface area contributed by atoms with E-state index in [1.807, 2.05) is 18.2 Å². The van der Waals surface area contributed by atoms with Crippen LogP contribution in [0.2, 0.25) is 0 Å². The first-order valence-corrected chi connectivity index (χ1v) is 6.24. The Labute approximate surface area is 104 Å². The summed E-state index contributed by atoms with van der Waals surface area (Å²) in [6.45, 7) is 6.73. The van der Waals surface area contributed by atoms with Crippen molar-refractivity contribution in [2.75, 3.05) is 25.5 Å². The molecule has 3 heteroatoms. The normalized spacial score (nSPS) is 23.1. The Morgan fingerprint density at radius 2 is 2.12 bits per heavy atom. The van der Waals surface area contributed by atoms with Gasteiger partial charge in [-0.2, -0.15) is 0 Å². The number of piperidine rings is 1. The van der Waals surface area contributed by atoms with Crippen molar-refractivity contribution in [3.63, 3.8) is 0 Å². The number of hydrogen-bond acceptors (Lipinski definition) is 3. The van der Waals surface area contributed by atoms with Crippen LogP contribution in [0.25, 0.3) is 0 Å². The molecular weight excluding hydrogens is 212 g/mol. The Bertz CT molecular complexity index is 376. The molecule has 2 N–H and O–H groups in total. The van der Waals surface area contributed by atoms with Crippen molar-refractivity contribution < 1.29 is 4.74 Å². The topological polar surface area (TPSA) is 33.3 Å². The summed E-state index contributed by atoms with van der Waals surface area (Å²) in [6, 6.07) is 8.60. The van der Waals surface area contributed by atoms with E-state index in [0.717, 1.165) is 30.9 Å². The summed E-state index contributed by atoms with van der Waals surface area (Å²) in [7, 11) is 1.72. The zero-order valence-corrected chi connectivity index (χ0v) is 10.9. The molecule has 0 spiro atoms. The summed E-state index contributed by atoms with van der Waals surface area (Å²) < 4.78 is 5.38. The molecule has 1 unspecified atom stereocenters. The lowest BCUT2D eigenvalue weighted by molar-refractivity contribution is 0.236. The van der Waals surface area contributed by atoms with Crippen LogP contribution in [0, 0.1) is 5.41 Å². The van der Waals surface area contributed by atoms with E-state index < -0.39 is 0 Å². The van der Waals surface area contributed by atoms with Gasteiger partial charge in [0.2, 0.25) is 0 Å². The van der Waals surface area contributed by atoms with Crippen molar-refractivity contribution >= 4 is 5.69 Å². The predicted molar refractivity (Wildman–Crippen MR) is 71.7 cm³/mol. The molecule has 1 aliphatic rings. The monoisotopic (exact) mass is 234 g/mol. The zero-order valence-electron chi connectivity index (χ0n) is 10.9. The average molecular weight is 234 g/mol. The minimum atomic E-state index is 0.263. The lowest BCUT2D eigenvalue weighted by atomic mass is 9.80. The number of methoxy groups -OCH3 is 1. The summed E-state index contributed by atoms with van der Waals surface area (Å²) >= 11 is 0. The highest BCUT2D eigenvalue weighted by Gasteiger charge is 2.32. The van der Waals surface area contributed by atoms with E-state index in [1.54, 1.807) is 7.11 Å². The average Bonchev–Trinajstić information content (AvgIpc) is 2.32. The summed E-state index contributed by atoms with van der Waals surface area (Å²) in [4.78, 5) is 0. The van der Waals surface area contributed by atoms with Gasteiger partial charge in [-0.3, -0.25) is 0 Å². The van der Waals surface area contributed by atoms with Crippen LogP contribution in [-0.2, 0) is 0 Å². The maximum atomic E-state index is 5.38. The molecule has 1 aromatic rings. The van der Waals surface area contributed by atoms with Crippen LogP contribution in [0.5, 0.6) is 5.75 Å². The number of anilines is 1. The first-order valence-electron chi connectivity index (χ1n) is 6.24. The van der Waals surface area contributed by atoms with Crippen LogP contribution in [0.3, 0.4) is 0 Å². The molecule has 0 saturated carbocycles. The molecule has 1 aliphatic heterocycles. The lowest BCUT2D eigenvalue weighted by Crippen LogP contribution is -2.49. The molecule has 2 rings (SSSR count). The van der Waals surface area contributed by atoms with Crippen molar-refractivity contribution in [2.24, 2.45) is 5.41 Å². The van der Waals surface area contributed by atoms with Crippen molar-refractivity contribution in [3.8, 4) is 5.75 Å². The van der Waals surface area contributed by atoms with Gasteiger partial charge < -0.3 is 15.4 Å². The zero-order chi connectivity index (χ0) is 12.3. The molecule has 0 aliphatic carbocycles. The second-order valence-corrected chi connectivity index (χ2v) is 5.35. The smallest absolute Gasteiger partial charge is 0.141 e. The summed E-state index contributed by atoms with van der Waals surface area (Å²) in [5, 5.41) is 7.07. The van der Waals surface area contributed by atoms with Crippen molar-refractivity contribution in [2.45, 2.75) is 26.3 Å². The number of hydrogen-bond donors (Lipinski definition) is 2. The van der Waals surface area contributed by atoms with E-state index in [9.17, 15) is 0 Å². The molecule has 0 amide bonds. The number of para-hydroxylation sites is 2. The molecule has 1 fully saturated rings. The molecule has 3 nitrogen and oxygen atoms in total. The number of benzene rings is 1. The highest BCUT2D eigenvalue weighted by molar-refractivity contribution is 5.57. The molecule has 1 saturated heterocycles. The highest BCUT2D eigenvalue weighted by Crippen LogP contribution is 2.31. The van der Waals surface area contributed by atoms with Gasteiger partial charge in [-0.05, 0) is 30.5 Å². The van der Waals surface area contributed by atoms with Gasteiger partial charge in [0.15, 0.2) is 0 Å². The van der Waals surface area contributed by atoms with E-state index >= 15 is 0 Å². The largest absolute Gasteiger partial charge is 0.495 e. The molecule has 17 heavy (non-hydrogen) atoms. The van der Waals surface area contributed by atoms with E-state index in [4.69, 9.17) is 4.74 Å². The van der Waals surface area contributed by atoms with Gasteiger partial charge in [-0.15, -0.1) is 0 Å². The van der Waals surface area contributed by atoms with Crippen molar-refractivity contribution in [1.82, 2.24) is 5.32 Å². The molecule has 0 bridgehead atoms. The third-order valence-corrected chi connectivity index (χ3v) is 3.57. The third kappa shape index (κ3) is 2.72. The minimum Gasteiger partial charge on any atom is -0.495 e. The van der Waals surface area contributed by atoms with Gasteiger partial charge in [0.05, 0.1) is 12.8 Å². The second kappa shape index (κ2) is 4.96. The first kappa shape index (κ1) is 12.2. The Morgan fingerprint density at radius 3 is 2.82 bits per heavy atom. The van der Waals surface area contributed by atoms with Crippen LogP contribution in [-0.4, -0.2) is 26.2 Å². The van der Waals surface area contributed by atoms with Gasteiger partial charge in [0.25, 0.3) is 0 Å². The number of nitrogens with one attached hydrogen (secondary N) is 2. The minimum absolute atomic E-state index is 0.263. The Kier molecular flexibility index (Phi) is 3.57. The van der Waals surface area contributed by atoms with E-state index in [0.29, 0.717) is 6.04 Å². The van der Waals surface area contributed by atoms with Gasteiger partial charge in [0, 0.05) is 12.6 Å². The maximum Gasteiger partial charge on any atom is 0.141 e. The van der Waals surface area contributed by atoms with Crippen molar-refractivity contribution in [3.05, 3.63) is 24.3 Å². The standard InChI is InChI=1S/C14H22N2O/c1-14(2)10-15-9-8-13(14)16-11-6-4-5-7-12(11)17-3/h4-7,13,15-16H,8-10H2,1-3H3. The first-order chi connectivity index (χ1) is 8.13. The van der Waals surface area contributed by atoms with Crippen molar-refractivity contribution in [1.29, 1.82) is 0 Å². The highest BCUT2D eigenvalue weighted by atomic mass is 16.5. The number of rotatable bonds is 3.